The predicted molar refractivity (Wildman–Crippen MR) is 74.2 cm³/mol. The van der Waals surface area contributed by atoms with Crippen LogP contribution >= 0.6 is 0 Å². The molecule has 1 nitrogen and oxygen atoms in total. The summed E-state index contributed by atoms with van der Waals surface area (Å²) >= 11 is 0. The Kier molecular flexibility index (Phi) is 5.06. The Morgan fingerprint density at radius 2 is 1.76 bits per heavy atom. The summed E-state index contributed by atoms with van der Waals surface area (Å²) < 4.78 is 0. The summed E-state index contributed by atoms with van der Waals surface area (Å²) in [7, 11) is 0. The Hall–Kier alpha value is -0.820. The Morgan fingerprint density at radius 3 is 2.47 bits per heavy atom. The van der Waals surface area contributed by atoms with Gasteiger partial charge in [0.25, 0.3) is 0 Å². The number of benzene rings is 1. The van der Waals surface area contributed by atoms with Gasteiger partial charge in [-0.05, 0) is 50.3 Å². The molecule has 1 atom stereocenters. The van der Waals surface area contributed by atoms with Crippen molar-refractivity contribution in [1.29, 1.82) is 0 Å². The van der Waals surface area contributed by atoms with E-state index in [9.17, 15) is 0 Å². The Balaban J connectivity index is 1.68. The standard InChI is InChI=1S/C16H25N/c1-15(14-17-12-6-3-7-13-17)10-11-16-8-4-2-5-9-16/h2,4-5,8-9,15H,3,6-7,10-14H2,1H3. The van der Waals surface area contributed by atoms with Gasteiger partial charge < -0.3 is 4.90 Å². The van der Waals surface area contributed by atoms with Gasteiger partial charge in [0, 0.05) is 6.54 Å². The Bertz CT molecular complexity index is 301. The molecule has 1 heteroatoms. The highest BCUT2D eigenvalue weighted by molar-refractivity contribution is 5.14. The first-order valence-electron chi connectivity index (χ1n) is 7.11. The average molecular weight is 231 g/mol. The van der Waals surface area contributed by atoms with E-state index in [1.807, 2.05) is 0 Å². The van der Waals surface area contributed by atoms with Gasteiger partial charge in [0.15, 0.2) is 0 Å². The van der Waals surface area contributed by atoms with Gasteiger partial charge in [-0.15, -0.1) is 0 Å². The number of hydrogen-bond acceptors (Lipinski definition) is 1. The van der Waals surface area contributed by atoms with Gasteiger partial charge in [0.2, 0.25) is 0 Å². The molecule has 0 amide bonds. The average Bonchev–Trinajstić information content (AvgIpc) is 2.39. The van der Waals surface area contributed by atoms with Crippen molar-refractivity contribution in [3.05, 3.63) is 35.9 Å². The second-order valence-corrected chi connectivity index (χ2v) is 5.49. The lowest BCUT2D eigenvalue weighted by Gasteiger charge is -2.29. The molecule has 1 aromatic rings. The fourth-order valence-electron chi connectivity index (χ4n) is 2.73. The lowest BCUT2D eigenvalue weighted by Crippen LogP contribution is -2.33. The molecule has 0 aromatic heterocycles. The van der Waals surface area contributed by atoms with Crippen LogP contribution < -0.4 is 0 Å². The highest BCUT2D eigenvalue weighted by Crippen LogP contribution is 2.14. The third-order valence-corrected chi connectivity index (χ3v) is 3.79. The number of nitrogens with zero attached hydrogens (tertiary/aromatic N) is 1. The van der Waals surface area contributed by atoms with Crippen LogP contribution in [0.1, 0.15) is 38.2 Å². The van der Waals surface area contributed by atoms with E-state index in [-0.39, 0.29) is 0 Å². The van der Waals surface area contributed by atoms with Gasteiger partial charge in [0.05, 0.1) is 0 Å². The summed E-state index contributed by atoms with van der Waals surface area (Å²) in [6.07, 6.45) is 6.81. The Morgan fingerprint density at radius 1 is 1.06 bits per heavy atom. The smallest absolute Gasteiger partial charge is 0.000713 e. The van der Waals surface area contributed by atoms with Crippen LogP contribution in [0.5, 0.6) is 0 Å². The number of rotatable bonds is 5. The van der Waals surface area contributed by atoms with Crippen molar-refractivity contribution in [2.75, 3.05) is 19.6 Å². The molecule has 1 saturated heterocycles. The van der Waals surface area contributed by atoms with E-state index < -0.39 is 0 Å². The number of hydrogen-bond donors (Lipinski definition) is 0. The van der Waals surface area contributed by atoms with E-state index in [1.165, 1.54) is 57.3 Å². The molecule has 0 aliphatic carbocycles. The highest BCUT2D eigenvalue weighted by Gasteiger charge is 2.13. The van der Waals surface area contributed by atoms with Crippen molar-refractivity contribution < 1.29 is 0 Å². The number of likely N-dealkylation sites (tertiary alicyclic amines) is 1. The summed E-state index contributed by atoms with van der Waals surface area (Å²) in [4.78, 5) is 2.65. The normalized spacial score (nSPS) is 19.1. The zero-order chi connectivity index (χ0) is 11.9. The topological polar surface area (TPSA) is 3.24 Å². The van der Waals surface area contributed by atoms with Crippen LogP contribution in [0.3, 0.4) is 0 Å². The molecular weight excluding hydrogens is 206 g/mol. The fraction of sp³-hybridized carbons (Fsp3) is 0.625. The van der Waals surface area contributed by atoms with E-state index in [1.54, 1.807) is 0 Å². The maximum atomic E-state index is 2.65. The van der Waals surface area contributed by atoms with Crippen LogP contribution in [0.25, 0.3) is 0 Å². The van der Waals surface area contributed by atoms with Gasteiger partial charge in [0.1, 0.15) is 0 Å². The lowest BCUT2D eigenvalue weighted by atomic mass is 9.99. The second kappa shape index (κ2) is 6.80. The fourth-order valence-corrected chi connectivity index (χ4v) is 2.73. The van der Waals surface area contributed by atoms with Crippen LogP contribution in [0.2, 0.25) is 0 Å². The van der Waals surface area contributed by atoms with Gasteiger partial charge in [-0.1, -0.05) is 43.7 Å². The van der Waals surface area contributed by atoms with Crippen LogP contribution in [0.4, 0.5) is 0 Å². The molecule has 1 heterocycles. The first-order valence-corrected chi connectivity index (χ1v) is 7.11. The maximum absolute atomic E-state index is 2.65. The lowest BCUT2D eigenvalue weighted by molar-refractivity contribution is 0.197. The van der Waals surface area contributed by atoms with E-state index in [0.717, 1.165) is 5.92 Å². The molecule has 1 fully saturated rings. The largest absolute Gasteiger partial charge is 0.303 e. The molecule has 1 unspecified atom stereocenters. The predicted octanol–water partition coefficient (Wildman–Crippen LogP) is 3.74. The van der Waals surface area contributed by atoms with Gasteiger partial charge in [-0.3, -0.25) is 0 Å². The minimum Gasteiger partial charge on any atom is -0.303 e. The second-order valence-electron chi connectivity index (χ2n) is 5.49. The SMILES string of the molecule is CC(CCc1ccccc1)CN1CCCCC1. The van der Waals surface area contributed by atoms with Gasteiger partial charge in [-0.2, -0.15) is 0 Å². The van der Waals surface area contributed by atoms with E-state index in [2.05, 4.69) is 42.2 Å². The van der Waals surface area contributed by atoms with Crippen molar-refractivity contribution in [3.8, 4) is 0 Å². The number of piperidine rings is 1. The van der Waals surface area contributed by atoms with Crippen LogP contribution in [-0.4, -0.2) is 24.5 Å². The van der Waals surface area contributed by atoms with E-state index in [4.69, 9.17) is 0 Å². The molecule has 94 valence electrons. The van der Waals surface area contributed by atoms with E-state index in [0.29, 0.717) is 0 Å². The minimum atomic E-state index is 0.827. The zero-order valence-corrected chi connectivity index (χ0v) is 11.1. The third kappa shape index (κ3) is 4.51. The monoisotopic (exact) mass is 231 g/mol. The molecule has 0 spiro atoms. The third-order valence-electron chi connectivity index (χ3n) is 3.79. The van der Waals surface area contributed by atoms with Crippen LogP contribution in [-0.2, 0) is 6.42 Å². The van der Waals surface area contributed by atoms with Gasteiger partial charge >= 0.3 is 0 Å². The van der Waals surface area contributed by atoms with Crippen molar-refractivity contribution in [1.82, 2.24) is 4.90 Å². The van der Waals surface area contributed by atoms with Crippen molar-refractivity contribution in [3.63, 3.8) is 0 Å². The Labute approximate surface area is 106 Å². The van der Waals surface area contributed by atoms with Crippen LogP contribution in [0.15, 0.2) is 30.3 Å². The molecule has 0 bridgehead atoms. The first-order chi connectivity index (χ1) is 8.34. The van der Waals surface area contributed by atoms with Crippen molar-refractivity contribution in [2.24, 2.45) is 5.92 Å². The zero-order valence-electron chi connectivity index (χ0n) is 11.1. The summed E-state index contributed by atoms with van der Waals surface area (Å²) in [5, 5.41) is 0. The maximum Gasteiger partial charge on any atom is 0.000713 e. The van der Waals surface area contributed by atoms with Crippen molar-refractivity contribution in [2.45, 2.75) is 39.0 Å². The van der Waals surface area contributed by atoms with Gasteiger partial charge in [-0.25, -0.2) is 0 Å². The molecule has 2 rings (SSSR count). The molecule has 0 N–H and O–H groups in total. The highest BCUT2D eigenvalue weighted by atomic mass is 15.1. The molecule has 0 radical (unpaired) electrons. The molecule has 1 aromatic carbocycles. The molecule has 0 saturated carbocycles. The molecule has 1 aliphatic rings. The minimum absolute atomic E-state index is 0.827. The molecule has 1 aliphatic heterocycles. The van der Waals surface area contributed by atoms with E-state index >= 15 is 0 Å². The quantitative estimate of drug-likeness (QED) is 0.746. The van der Waals surface area contributed by atoms with Crippen molar-refractivity contribution >= 4 is 0 Å². The summed E-state index contributed by atoms with van der Waals surface area (Å²) in [5.74, 6) is 0.827. The van der Waals surface area contributed by atoms with Crippen LogP contribution in [0, 0.1) is 5.92 Å². The number of aryl methyl sites for hydroxylation is 1. The summed E-state index contributed by atoms with van der Waals surface area (Å²) in [6, 6.07) is 10.9. The molecular formula is C16H25N. The summed E-state index contributed by atoms with van der Waals surface area (Å²) in [6.45, 7) is 6.36. The first kappa shape index (κ1) is 12.6. The molecule has 17 heavy (non-hydrogen) atoms. The summed E-state index contributed by atoms with van der Waals surface area (Å²) in [5.41, 5.74) is 1.48.